The van der Waals surface area contributed by atoms with Crippen molar-refractivity contribution in [3.05, 3.63) is 53.8 Å². The van der Waals surface area contributed by atoms with Gasteiger partial charge in [0, 0.05) is 13.6 Å². The van der Waals surface area contributed by atoms with Crippen LogP contribution in [0.2, 0.25) is 0 Å². The Labute approximate surface area is 181 Å². The van der Waals surface area contributed by atoms with E-state index in [1.165, 1.54) is 6.07 Å². The molecule has 1 unspecified atom stereocenters. The molecule has 0 amide bonds. The van der Waals surface area contributed by atoms with Gasteiger partial charge in [-0.1, -0.05) is 18.2 Å². The normalized spacial score (nSPS) is 15.4. The summed E-state index contributed by atoms with van der Waals surface area (Å²) in [7, 11) is 1.68. The minimum atomic E-state index is -0.370. The van der Waals surface area contributed by atoms with Gasteiger partial charge in [-0.3, -0.25) is 4.99 Å². The standard InChI is InChI=1S/C20H24FN3O3.HI/c1-3-25-17-9-8-14(10-16(17)21)11-23-20(22-2)24-12-15-13-26-18-6-4-5-7-19(18)27-15;/h4-10,15H,3,11-13H2,1-2H3,(H2,22,23,24);1H. The number of guanidine groups is 1. The van der Waals surface area contributed by atoms with Crippen molar-refractivity contribution in [2.24, 2.45) is 4.99 Å². The maximum absolute atomic E-state index is 13.9. The molecule has 0 saturated heterocycles. The lowest BCUT2D eigenvalue weighted by atomic mass is 10.2. The van der Waals surface area contributed by atoms with Gasteiger partial charge in [-0.15, -0.1) is 24.0 Å². The van der Waals surface area contributed by atoms with E-state index in [1.54, 1.807) is 13.1 Å². The predicted octanol–water partition coefficient (Wildman–Crippen LogP) is 3.35. The monoisotopic (exact) mass is 501 g/mol. The first-order valence-electron chi connectivity index (χ1n) is 8.93. The highest BCUT2D eigenvalue weighted by atomic mass is 127. The van der Waals surface area contributed by atoms with Crippen molar-refractivity contribution in [2.75, 3.05) is 26.8 Å². The zero-order valence-electron chi connectivity index (χ0n) is 15.9. The van der Waals surface area contributed by atoms with E-state index in [9.17, 15) is 4.39 Å². The molecular formula is C20H25FIN3O3. The summed E-state index contributed by atoms with van der Waals surface area (Å²) in [5.74, 6) is 1.99. The van der Waals surface area contributed by atoms with E-state index in [-0.39, 0.29) is 41.6 Å². The minimum Gasteiger partial charge on any atom is -0.491 e. The molecular weight excluding hydrogens is 476 g/mol. The van der Waals surface area contributed by atoms with Crippen LogP contribution in [0, 0.1) is 5.82 Å². The first-order valence-corrected chi connectivity index (χ1v) is 8.93. The van der Waals surface area contributed by atoms with Crippen molar-refractivity contribution >= 4 is 29.9 Å². The van der Waals surface area contributed by atoms with E-state index in [2.05, 4.69) is 15.6 Å². The fourth-order valence-electron chi connectivity index (χ4n) is 2.71. The molecule has 0 saturated carbocycles. The number of hydrogen-bond donors (Lipinski definition) is 2. The number of hydrogen-bond acceptors (Lipinski definition) is 4. The molecule has 6 nitrogen and oxygen atoms in total. The van der Waals surface area contributed by atoms with Gasteiger partial charge in [0.25, 0.3) is 0 Å². The first-order chi connectivity index (χ1) is 13.2. The quantitative estimate of drug-likeness (QED) is 0.361. The average Bonchev–Trinajstić information content (AvgIpc) is 2.70. The van der Waals surface area contributed by atoms with Gasteiger partial charge in [-0.05, 0) is 36.8 Å². The summed E-state index contributed by atoms with van der Waals surface area (Å²) in [6.07, 6.45) is -0.124. The molecule has 0 bridgehead atoms. The summed E-state index contributed by atoms with van der Waals surface area (Å²) in [6, 6.07) is 12.5. The summed E-state index contributed by atoms with van der Waals surface area (Å²) in [5, 5.41) is 6.36. The lowest BCUT2D eigenvalue weighted by molar-refractivity contribution is 0.0936. The molecule has 0 aromatic heterocycles. The number of nitrogens with zero attached hydrogens (tertiary/aromatic N) is 1. The SMILES string of the molecule is CCOc1ccc(CNC(=NC)NCC2COc3ccccc3O2)cc1F.I. The number of para-hydroxylation sites is 2. The Hall–Kier alpha value is -2.23. The van der Waals surface area contributed by atoms with Crippen LogP contribution in [0.15, 0.2) is 47.5 Å². The molecule has 8 heteroatoms. The van der Waals surface area contributed by atoms with Gasteiger partial charge < -0.3 is 24.8 Å². The van der Waals surface area contributed by atoms with Gasteiger partial charge in [-0.25, -0.2) is 4.39 Å². The van der Waals surface area contributed by atoms with Crippen LogP contribution in [-0.4, -0.2) is 38.9 Å². The maximum Gasteiger partial charge on any atom is 0.191 e. The van der Waals surface area contributed by atoms with Gasteiger partial charge in [0.2, 0.25) is 0 Å². The molecule has 2 aromatic rings. The van der Waals surface area contributed by atoms with Crippen molar-refractivity contribution in [1.29, 1.82) is 0 Å². The van der Waals surface area contributed by atoms with Gasteiger partial charge >= 0.3 is 0 Å². The molecule has 1 aliphatic rings. The molecule has 152 valence electrons. The molecule has 0 aliphatic carbocycles. The van der Waals surface area contributed by atoms with Gasteiger partial charge in [-0.2, -0.15) is 0 Å². The minimum absolute atomic E-state index is 0. The van der Waals surface area contributed by atoms with E-state index in [0.717, 1.165) is 17.1 Å². The Morgan fingerprint density at radius 3 is 2.71 bits per heavy atom. The van der Waals surface area contributed by atoms with Crippen LogP contribution < -0.4 is 24.8 Å². The van der Waals surface area contributed by atoms with Crippen LogP contribution in [0.4, 0.5) is 4.39 Å². The molecule has 3 rings (SSSR count). The van der Waals surface area contributed by atoms with Crippen molar-refractivity contribution < 1.29 is 18.6 Å². The summed E-state index contributed by atoms with van der Waals surface area (Å²) in [5.41, 5.74) is 0.796. The summed E-state index contributed by atoms with van der Waals surface area (Å²) < 4.78 is 30.7. The third-order valence-corrected chi connectivity index (χ3v) is 4.04. The zero-order valence-corrected chi connectivity index (χ0v) is 18.2. The molecule has 28 heavy (non-hydrogen) atoms. The lowest BCUT2D eigenvalue weighted by Gasteiger charge is -2.27. The summed E-state index contributed by atoms with van der Waals surface area (Å²) in [6.45, 7) is 3.69. The number of fused-ring (bicyclic) bond motifs is 1. The van der Waals surface area contributed by atoms with Crippen LogP contribution >= 0.6 is 24.0 Å². The Balaban J connectivity index is 0.00000280. The third kappa shape index (κ3) is 5.88. The van der Waals surface area contributed by atoms with Gasteiger partial charge in [0.1, 0.15) is 12.7 Å². The van der Waals surface area contributed by atoms with Gasteiger partial charge in [0.15, 0.2) is 29.0 Å². The van der Waals surface area contributed by atoms with Crippen LogP contribution in [0.5, 0.6) is 17.2 Å². The molecule has 1 atom stereocenters. The highest BCUT2D eigenvalue weighted by Crippen LogP contribution is 2.30. The van der Waals surface area contributed by atoms with E-state index in [4.69, 9.17) is 14.2 Å². The smallest absolute Gasteiger partial charge is 0.191 e. The van der Waals surface area contributed by atoms with Crippen molar-refractivity contribution in [3.8, 4) is 17.2 Å². The molecule has 1 heterocycles. The van der Waals surface area contributed by atoms with Crippen LogP contribution in [0.25, 0.3) is 0 Å². The second-order valence-corrected chi connectivity index (χ2v) is 6.00. The van der Waals surface area contributed by atoms with E-state index >= 15 is 0 Å². The van der Waals surface area contributed by atoms with Gasteiger partial charge in [0.05, 0.1) is 13.2 Å². The molecule has 0 spiro atoms. The molecule has 2 N–H and O–H groups in total. The number of rotatable bonds is 6. The second-order valence-electron chi connectivity index (χ2n) is 6.00. The topological polar surface area (TPSA) is 64.1 Å². The van der Waals surface area contributed by atoms with Crippen molar-refractivity contribution in [1.82, 2.24) is 10.6 Å². The van der Waals surface area contributed by atoms with Crippen LogP contribution in [0.1, 0.15) is 12.5 Å². The fourth-order valence-corrected chi connectivity index (χ4v) is 2.71. The van der Waals surface area contributed by atoms with Crippen molar-refractivity contribution in [2.45, 2.75) is 19.6 Å². The summed E-state index contributed by atoms with van der Waals surface area (Å²) >= 11 is 0. The van der Waals surface area contributed by atoms with Crippen LogP contribution in [0.3, 0.4) is 0 Å². The molecule has 0 fully saturated rings. The summed E-state index contributed by atoms with van der Waals surface area (Å²) in [4.78, 5) is 4.18. The first kappa shape index (κ1) is 22.1. The largest absolute Gasteiger partial charge is 0.491 e. The highest BCUT2D eigenvalue weighted by Gasteiger charge is 2.20. The number of benzene rings is 2. The van der Waals surface area contributed by atoms with E-state index in [0.29, 0.717) is 32.3 Å². The lowest BCUT2D eigenvalue weighted by Crippen LogP contribution is -2.45. The third-order valence-electron chi connectivity index (χ3n) is 4.04. The Bertz CT molecular complexity index is 804. The molecule has 1 aliphatic heterocycles. The number of halogens is 2. The highest BCUT2D eigenvalue weighted by molar-refractivity contribution is 14.0. The number of ether oxygens (including phenoxy) is 3. The fraction of sp³-hybridized carbons (Fsp3) is 0.350. The maximum atomic E-state index is 13.9. The Morgan fingerprint density at radius 2 is 2.00 bits per heavy atom. The Morgan fingerprint density at radius 1 is 1.21 bits per heavy atom. The average molecular weight is 501 g/mol. The zero-order chi connectivity index (χ0) is 19.1. The van der Waals surface area contributed by atoms with E-state index < -0.39 is 0 Å². The van der Waals surface area contributed by atoms with E-state index in [1.807, 2.05) is 37.3 Å². The van der Waals surface area contributed by atoms with Crippen molar-refractivity contribution in [3.63, 3.8) is 0 Å². The second kappa shape index (κ2) is 10.9. The Kier molecular flexibility index (Phi) is 8.62. The number of nitrogens with one attached hydrogen (secondary N) is 2. The number of aliphatic imine (C=N–C) groups is 1. The molecule has 0 radical (unpaired) electrons. The predicted molar refractivity (Wildman–Crippen MR) is 118 cm³/mol. The molecule has 2 aromatic carbocycles. The van der Waals surface area contributed by atoms with Crippen LogP contribution in [-0.2, 0) is 6.54 Å².